The third-order valence-corrected chi connectivity index (χ3v) is 2.06. The lowest BCUT2D eigenvalue weighted by atomic mass is 10.1. The Morgan fingerprint density at radius 2 is 2.21 bits per heavy atom. The molecule has 0 aliphatic carbocycles. The lowest BCUT2D eigenvalue weighted by molar-refractivity contribution is 0.101. The molecule has 1 rings (SSSR count). The van der Waals surface area contributed by atoms with Gasteiger partial charge in [-0.25, -0.2) is 0 Å². The van der Waals surface area contributed by atoms with E-state index in [2.05, 4.69) is 0 Å². The molecule has 1 aromatic carbocycles. The number of benzene rings is 1. The number of rotatable bonds is 2. The Kier molecular flexibility index (Phi) is 3.10. The van der Waals surface area contributed by atoms with Crippen molar-refractivity contribution in [2.75, 3.05) is 7.11 Å². The highest BCUT2D eigenvalue weighted by atomic mass is 35.5. The van der Waals surface area contributed by atoms with Crippen molar-refractivity contribution in [3.8, 4) is 11.8 Å². The van der Waals surface area contributed by atoms with E-state index in [-0.39, 0.29) is 16.4 Å². The molecule has 1 aromatic rings. The fraction of sp³-hybridized carbons (Fsp3) is 0.200. The van der Waals surface area contributed by atoms with Crippen LogP contribution < -0.4 is 4.74 Å². The normalized spacial score (nSPS) is 9.29. The molecule has 0 unspecified atom stereocenters. The lowest BCUT2D eigenvalue weighted by Crippen LogP contribution is -1.96. The molecule has 4 heteroatoms. The van der Waals surface area contributed by atoms with E-state index in [0.717, 1.165) is 0 Å². The van der Waals surface area contributed by atoms with Gasteiger partial charge in [0.05, 0.1) is 17.7 Å². The maximum absolute atomic E-state index is 11.1. The number of carbonyl (C=O) groups excluding carboxylic acids is 1. The van der Waals surface area contributed by atoms with Crippen LogP contribution in [-0.2, 0) is 0 Å². The van der Waals surface area contributed by atoms with Crippen LogP contribution in [0.4, 0.5) is 0 Å². The number of Topliss-reactive ketones (excluding diaryl/α,β-unsaturated/α-hetero) is 1. The first-order valence-corrected chi connectivity index (χ1v) is 4.26. The molecule has 0 aromatic heterocycles. The molecular weight excluding hydrogens is 202 g/mol. The molecule has 0 spiro atoms. The summed E-state index contributed by atoms with van der Waals surface area (Å²) in [4.78, 5) is 11.1. The Morgan fingerprint density at radius 1 is 1.57 bits per heavy atom. The Balaban J connectivity index is 3.41. The van der Waals surface area contributed by atoms with E-state index in [4.69, 9.17) is 21.6 Å². The van der Waals surface area contributed by atoms with Gasteiger partial charge in [0.25, 0.3) is 0 Å². The van der Waals surface area contributed by atoms with Crippen molar-refractivity contribution in [1.29, 1.82) is 5.26 Å². The molecule has 0 atom stereocenters. The minimum Gasteiger partial charge on any atom is -0.494 e. The summed E-state index contributed by atoms with van der Waals surface area (Å²) < 4.78 is 4.94. The quantitative estimate of drug-likeness (QED) is 0.703. The number of nitriles is 1. The summed E-state index contributed by atoms with van der Waals surface area (Å²) in [6, 6.07) is 4.88. The lowest BCUT2D eigenvalue weighted by Gasteiger charge is -2.06. The van der Waals surface area contributed by atoms with Crippen LogP contribution in [0, 0.1) is 11.3 Å². The highest BCUT2D eigenvalue weighted by Crippen LogP contribution is 2.29. The van der Waals surface area contributed by atoms with Crippen LogP contribution in [0.2, 0.25) is 5.02 Å². The molecule has 72 valence electrons. The van der Waals surface area contributed by atoms with Crippen molar-refractivity contribution in [2.45, 2.75) is 6.92 Å². The van der Waals surface area contributed by atoms with E-state index in [1.54, 1.807) is 0 Å². The summed E-state index contributed by atoms with van der Waals surface area (Å²) in [5.41, 5.74) is 0.678. The number of nitrogens with zero attached hydrogens (tertiary/aromatic N) is 1. The summed E-state index contributed by atoms with van der Waals surface area (Å²) in [5.74, 6) is 0.171. The molecule has 0 fully saturated rings. The fourth-order valence-electron chi connectivity index (χ4n) is 1.09. The number of methoxy groups -OCH3 is 1. The monoisotopic (exact) mass is 209 g/mol. The molecule has 0 amide bonds. The molecule has 0 heterocycles. The van der Waals surface area contributed by atoms with Gasteiger partial charge >= 0.3 is 0 Å². The first kappa shape index (κ1) is 10.6. The minimum absolute atomic E-state index is 0.133. The summed E-state index contributed by atoms with van der Waals surface area (Å²) in [7, 11) is 1.43. The van der Waals surface area contributed by atoms with E-state index in [1.807, 2.05) is 6.07 Å². The van der Waals surface area contributed by atoms with Crippen molar-refractivity contribution in [1.82, 2.24) is 0 Å². The van der Waals surface area contributed by atoms with Crippen LogP contribution in [0.5, 0.6) is 5.75 Å². The van der Waals surface area contributed by atoms with E-state index in [9.17, 15) is 4.79 Å². The topological polar surface area (TPSA) is 50.1 Å². The maximum Gasteiger partial charge on any atom is 0.159 e. The van der Waals surface area contributed by atoms with Crippen LogP contribution in [0.1, 0.15) is 22.8 Å². The smallest absolute Gasteiger partial charge is 0.159 e. The third-order valence-electron chi connectivity index (χ3n) is 1.77. The second kappa shape index (κ2) is 4.12. The highest BCUT2D eigenvalue weighted by molar-refractivity contribution is 6.32. The zero-order valence-electron chi connectivity index (χ0n) is 7.80. The molecule has 0 saturated carbocycles. The number of hydrogen-bond donors (Lipinski definition) is 0. The maximum atomic E-state index is 11.1. The van der Waals surface area contributed by atoms with Gasteiger partial charge in [-0.3, -0.25) is 4.79 Å². The summed E-state index contributed by atoms with van der Waals surface area (Å²) >= 11 is 5.83. The van der Waals surface area contributed by atoms with Gasteiger partial charge in [0.2, 0.25) is 0 Å². The van der Waals surface area contributed by atoms with Crippen molar-refractivity contribution >= 4 is 17.4 Å². The molecule has 0 radical (unpaired) electrons. The third kappa shape index (κ3) is 1.86. The zero-order valence-corrected chi connectivity index (χ0v) is 8.55. The average Bonchev–Trinajstić information content (AvgIpc) is 2.16. The minimum atomic E-state index is -0.133. The van der Waals surface area contributed by atoms with E-state index < -0.39 is 0 Å². The first-order chi connectivity index (χ1) is 6.60. The predicted molar refractivity (Wildman–Crippen MR) is 52.7 cm³/mol. The largest absolute Gasteiger partial charge is 0.494 e. The average molecular weight is 210 g/mol. The van der Waals surface area contributed by atoms with E-state index in [1.165, 1.54) is 26.2 Å². The molecular formula is C10H8ClNO2. The van der Waals surface area contributed by atoms with Crippen LogP contribution in [0.3, 0.4) is 0 Å². The van der Waals surface area contributed by atoms with Gasteiger partial charge in [-0.05, 0) is 19.1 Å². The standard InChI is InChI=1S/C10H8ClNO2/c1-6(13)7-3-8(5-12)10(14-2)9(11)4-7/h3-4H,1-2H3. The summed E-state index contributed by atoms with van der Waals surface area (Å²) in [6.45, 7) is 1.42. The Morgan fingerprint density at radius 3 is 2.64 bits per heavy atom. The second-order valence-corrected chi connectivity index (χ2v) is 3.11. The van der Waals surface area contributed by atoms with Crippen LogP contribution in [-0.4, -0.2) is 12.9 Å². The molecule has 0 aliphatic rings. The summed E-state index contributed by atoms with van der Waals surface area (Å²) in [5, 5.41) is 9.06. The van der Waals surface area contributed by atoms with Gasteiger partial charge < -0.3 is 4.74 Å². The van der Waals surface area contributed by atoms with Crippen LogP contribution in [0.15, 0.2) is 12.1 Å². The molecule has 0 N–H and O–H groups in total. The number of ketones is 1. The molecule has 14 heavy (non-hydrogen) atoms. The Hall–Kier alpha value is -1.53. The van der Waals surface area contributed by atoms with Crippen LogP contribution >= 0.6 is 11.6 Å². The van der Waals surface area contributed by atoms with E-state index in [0.29, 0.717) is 11.3 Å². The van der Waals surface area contributed by atoms with Crippen LogP contribution in [0.25, 0.3) is 0 Å². The van der Waals surface area contributed by atoms with Crippen molar-refractivity contribution < 1.29 is 9.53 Å². The highest BCUT2D eigenvalue weighted by Gasteiger charge is 2.11. The predicted octanol–water partition coefficient (Wildman–Crippen LogP) is 2.42. The Labute approximate surface area is 86.9 Å². The summed E-state index contributed by atoms with van der Waals surface area (Å²) in [6.07, 6.45) is 0. The number of carbonyl (C=O) groups is 1. The van der Waals surface area contributed by atoms with Gasteiger partial charge in [0, 0.05) is 5.56 Å². The van der Waals surface area contributed by atoms with Gasteiger partial charge in [-0.15, -0.1) is 0 Å². The van der Waals surface area contributed by atoms with Crippen molar-refractivity contribution in [3.05, 3.63) is 28.3 Å². The van der Waals surface area contributed by atoms with Gasteiger partial charge in [0.15, 0.2) is 11.5 Å². The van der Waals surface area contributed by atoms with Crippen molar-refractivity contribution in [3.63, 3.8) is 0 Å². The van der Waals surface area contributed by atoms with Gasteiger partial charge in [-0.2, -0.15) is 5.26 Å². The number of ether oxygens (including phenoxy) is 1. The fourth-order valence-corrected chi connectivity index (χ4v) is 1.38. The molecule has 0 saturated heterocycles. The number of hydrogen-bond acceptors (Lipinski definition) is 3. The second-order valence-electron chi connectivity index (χ2n) is 2.71. The molecule has 0 bridgehead atoms. The first-order valence-electron chi connectivity index (χ1n) is 3.88. The van der Waals surface area contributed by atoms with Gasteiger partial charge in [0.1, 0.15) is 6.07 Å². The Bertz CT molecular complexity index is 421. The zero-order chi connectivity index (χ0) is 10.7. The SMILES string of the molecule is COc1c(Cl)cc(C(C)=O)cc1C#N. The molecule has 0 aliphatic heterocycles. The van der Waals surface area contributed by atoms with Crippen molar-refractivity contribution in [2.24, 2.45) is 0 Å². The number of halogens is 1. The van der Waals surface area contributed by atoms with E-state index >= 15 is 0 Å². The van der Waals surface area contributed by atoms with Gasteiger partial charge in [-0.1, -0.05) is 11.6 Å². The molecule has 3 nitrogen and oxygen atoms in total.